The second kappa shape index (κ2) is 10.6. The van der Waals surface area contributed by atoms with Crippen LogP contribution in [0.3, 0.4) is 0 Å². The smallest absolute Gasteiger partial charge is 0.410 e. The van der Waals surface area contributed by atoms with Gasteiger partial charge in [0.2, 0.25) is 0 Å². The average Bonchev–Trinajstić information content (AvgIpc) is 3.28. The van der Waals surface area contributed by atoms with Gasteiger partial charge in [0, 0.05) is 55.6 Å². The van der Waals surface area contributed by atoms with Crippen molar-refractivity contribution in [2.75, 3.05) is 26.2 Å². The lowest BCUT2D eigenvalue weighted by Gasteiger charge is -2.40. The molecule has 1 amide bonds. The molecule has 11 heteroatoms. The molecule has 3 heterocycles. The number of rotatable bonds is 4. The number of pyridine rings is 1. The monoisotopic (exact) mass is 560 g/mol. The second-order valence-electron chi connectivity index (χ2n) is 11.3. The summed E-state index contributed by atoms with van der Waals surface area (Å²) < 4.78 is 7.47. The van der Waals surface area contributed by atoms with Gasteiger partial charge in [0.05, 0.1) is 23.8 Å². The molecule has 2 aromatic heterocycles. The Bertz CT molecular complexity index is 1510. The van der Waals surface area contributed by atoms with E-state index >= 15 is 0 Å². The maximum atomic E-state index is 12.7. The number of carbonyl (C=O) groups is 1. The molecule has 0 bridgehead atoms. The Morgan fingerprint density at radius 2 is 1.93 bits per heavy atom. The van der Waals surface area contributed by atoms with E-state index in [-0.39, 0.29) is 12.1 Å². The van der Waals surface area contributed by atoms with Gasteiger partial charge in [0.25, 0.3) is 0 Å². The summed E-state index contributed by atoms with van der Waals surface area (Å²) in [5.74, 6) is 0. The van der Waals surface area contributed by atoms with E-state index in [2.05, 4.69) is 26.0 Å². The Morgan fingerprint density at radius 3 is 2.58 bits per heavy atom. The van der Waals surface area contributed by atoms with Crippen molar-refractivity contribution >= 4 is 29.3 Å². The van der Waals surface area contributed by atoms with E-state index in [0.29, 0.717) is 31.2 Å². The minimum Gasteiger partial charge on any atom is -0.444 e. The maximum Gasteiger partial charge on any atom is 0.410 e. The van der Waals surface area contributed by atoms with Crippen molar-refractivity contribution < 1.29 is 9.53 Å². The van der Waals surface area contributed by atoms with Crippen LogP contribution in [0.25, 0.3) is 22.1 Å². The summed E-state index contributed by atoms with van der Waals surface area (Å²) in [5.41, 5.74) is 13.3. The number of imidazole rings is 1. The number of benzene rings is 1. The third-order valence-corrected chi connectivity index (χ3v) is 7.68. The van der Waals surface area contributed by atoms with Crippen molar-refractivity contribution in [1.82, 2.24) is 24.3 Å². The van der Waals surface area contributed by atoms with E-state index in [1.54, 1.807) is 23.6 Å². The number of azide groups is 1. The van der Waals surface area contributed by atoms with Crippen LogP contribution in [0, 0.1) is 0 Å². The number of hydrogen-bond donors (Lipinski definition) is 0. The Balaban J connectivity index is 1.61. The Labute approximate surface area is 238 Å². The van der Waals surface area contributed by atoms with E-state index in [9.17, 15) is 10.3 Å². The molecule has 0 N–H and O–H groups in total. The summed E-state index contributed by atoms with van der Waals surface area (Å²) >= 11 is 6.59. The first-order valence-electron chi connectivity index (χ1n) is 13.2. The fourth-order valence-corrected chi connectivity index (χ4v) is 5.75. The predicted molar refractivity (Wildman–Crippen MR) is 154 cm³/mol. The highest BCUT2D eigenvalue weighted by molar-refractivity contribution is 6.30. The SMILES string of the molecule is Cn1cncc1C(C)(N=[N+]=[N-])C1=Cc2cccnc2[C@@H](N2CCN(C(=O)OC(C)(C)C)CC2)c2ccc(Cl)cc21. The molecule has 2 aliphatic rings. The fraction of sp³-hybridized carbons (Fsp3) is 0.414. The van der Waals surface area contributed by atoms with Crippen molar-refractivity contribution in [2.24, 2.45) is 12.2 Å². The third kappa shape index (κ3) is 5.18. The van der Waals surface area contributed by atoms with Crippen LogP contribution in [0.15, 0.2) is 54.2 Å². The number of fused-ring (bicyclic) bond motifs is 2. The van der Waals surface area contributed by atoms with Crippen LogP contribution in [-0.4, -0.2) is 62.2 Å². The van der Waals surface area contributed by atoms with Gasteiger partial charge in [-0.15, -0.1) is 0 Å². The van der Waals surface area contributed by atoms with E-state index in [1.807, 2.05) is 69.6 Å². The second-order valence-corrected chi connectivity index (χ2v) is 11.8. The molecule has 1 aromatic carbocycles. The number of hydrogen-bond acceptors (Lipinski definition) is 6. The molecule has 2 atom stereocenters. The van der Waals surface area contributed by atoms with Crippen LogP contribution in [0.2, 0.25) is 5.02 Å². The fourth-order valence-electron chi connectivity index (χ4n) is 5.58. The highest BCUT2D eigenvalue weighted by Gasteiger charge is 2.40. The molecule has 1 aliphatic carbocycles. The summed E-state index contributed by atoms with van der Waals surface area (Å²) in [6.45, 7) is 9.84. The van der Waals surface area contributed by atoms with E-state index in [0.717, 1.165) is 33.7 Å². The molecule has 1 unspecified atom stereocenters. The van der Waals surface area contributed by atoms with Gasteiger partial charge in [-0.05, 0) is 79.8 Å². The molecule has 10 nitrogen and oxygen atoms in total. The van der Waals surface area contributed by atoms with Gasteiger partial charge in [-0.25, -0.2) is 9.78 Å². The number of amides is 1. The quantitative estimate of drug-likeness (QED) is 0.214. The molecular formula is C29H33ClN8O2. The zero-order chi connectivity index (χ0) is 28.7. The Morgan fingerprint density at radius 1 is 1.18 bits per heavy atom. The van der Waals surface area contributed by atoms with Crippen molar-refractivity contribution in [3.8, 4) is 0 Å². The van der Waals surface area contributed by atoms with Gasteiger partial charge >= 0.3 is 6.09 Å². The van der Waals surface area contributed by atoms with Gasteiger partial charge in [-0.2, -0.15) is 0 Å². The largest absolute Gasteiger partial charge is 0.444 e. The number of aryl methyl sites for hydroxylation is 1. The molecular weight excluding hydrogens is 528 g/mol. The maximum absolute atomic E-state index is 12.7. The number of carbonyl (C=O) groups excluding carboxylic acids is 1. The molecule has 1 aliphatic heterocycles. The van der Waals surface area contributed by atoms with Crippen LogP contribution in [-0.2, 0) is 17.3 Å². The number of halogens is 1. The third-order valence-electron chi connectivity index (χ3n) is 7.45. The van der Waals surface area contributed by atoms with Gasteiger partial charge in [0.1, 0.15) is 11.1 Å². The number of nitrogens with zero attached hydrogens (tertiary/aromatic N) is 8. The molecule has 1 saturated heterocycles. The van der Waals surface area contributed by atoms with Gasteiger partial charge < -0.3 is 14.2 Å². The lowest BCUT2D eigenvalue weighted by molar-refractivity contribution is 0.0118. The zero-order valence-corrected chi connectivity index (χ0v) is 24.1. The lowest BCUT2D eigenvalue weighted by Crippen LogP contribution is -2.51. The van der Waals surface area contributed by atoms with E-state index in [4.69, 9.17) is 21.3 Å². The van der Waals surface area contributed by atoms with E-state index in [1.165, 1.54) is 0 Å². The highest BCUT2D eigenvalue weighted by atomic mass is 35.5. The van der Waals surface area contributed by atoms with Crippen LogP contribution < -0.4 is 0 Å². The standard InChI is InChI=1S/C29H33ClN8O2/c1-28(2,3)40-27(39)38-13-11-37(12-14-38)26-21-9-8-20(30)16-22(21)23(15-19-7-6-10-33-25(19)26)29(4,34-35-31)24-17-32-18-36(24)5/h6-10,15-18,26H,11-14H2,1-5H3/t26-,29?/m0/s1. The van der Waals surface area contributed by atoms with Crippen molar-refractivity contribution in [1.29, 1.82) is 0 Å². The minimum absolute atomic E-state index is 0.208. The van der Waals surface area contributed by atoms with Gasteiger partial charge in [0.15, 0.2) is 0 Å². The van der Waals surface area contributed by atoms with Crippen molar-refractivity contribution in [3.63, 3.8) is 0 Å². The minimum atomic E-state index is -1.09. The van der Waals surface area contributed by atoms with Gasteiger partial charge in [-0.3, -0.25) is 9.88 Å². The normalized spacial score (nSPS) is 18.9. The topological polar surface area (TPSA) is 112 Å². The first kappa shape index (κ1) is 27.7. The van der Waals surface area contributed by atoms with E-state index < -0.39 is 11.1 Å². The van der Waals surface area contributed by atoms with Crippen molar-refractivity contribution in [2.45, 2.75) is 44.9 Å². The highest BCUT2D eigenvalue weighted by Crippen LogP contribution is 2.48. The molecule has 0 spiro atoms. The molecule has 1 fully saturated rings. The van der Waals surface area contributed by atoms with Crippen LogP contribution >= 0.6 is 11.6 Å². The number of piperazine rings is 1. The molecule has 3 aromatic rings. The zero-order valence-electron chi connectivity index (χ0n) is 23.4. The molecule has 5 rings (SSSR count). The van der Waals surface area contributed by atoms with Crippen LogP contribution in [0.5, 0.6) is 0 Å². The molecule has 0 radical (unpaired) electrons. The Hall–Kier alpha value is -3.85. The predicted octanol–water partition coefficient (Wildman–Crippen LogP) is 6.19. The van der Waals surface area contributed by atoms with Gasteiger partial charge in [-0.1, -0.05) is 28.8 Å². The molecule has 40 heavy (non-hydrogen) atoms. The number of ether oxygens (including phenoxy) is 1. The summed E-state index contributed by atoms with van der Waals surface area (Å²) in [5, 5.41) is 4.91. The molecule has 0 saturated carbocycles. The lowest BCUT2D eigenvalue weighted by atomic mass is 9.81. The van der Waals surface area contributed by atoms with Crippen LogP contribution in [0.4, 0.5) is 4.79 Å². The molecule has 208 valence electrons. The first-order chi connectivity index (χ1) is 19.0. The van der Waals surface area contributed by atoms with Crippen molar-refractivity contribution in [3.05, 3.63) is 92.6 Å². The summed E-state index contributed by atoms with van der Waals surface area (Å²) in [7, 11) is 1.88. The summed E-state index contributed by atoms with van der Waals surface area (Å²) in [6.07, 6.45) is 6.96. The average molecular weight is 561 g/mol. The van der Waals surface area contributed by atoms with Crippen LogP contribution in [0.1, 0.15) is 61.8 Å². The number of aromatic nitrogens is 3. The Kier molecular flexibility index (Phi) is 7.35. The first-order valence-corrected chi connectivity index (χ1v) is 13.6. The summed E-state index contributed by atoms with van der Waals surface area (Å²) in [6, 6.07) is 9.56. The summed E-state index contributed by atoms with van der Waals surface area (Å²) in [4.78, 5) is 29.3.